The third-order valence-electron chi connectivity index (χ3n) is 4.78. The number of nitrogens with zero attached hydrogens (tertiary/aromatic N) is 1. The number of pyridine rings is 1. The van der Waals surface area contributed by atoms with Crippen LogP contribution in [0.3, 0.4) is 0 Å². The number of hydrogen-bond donors (Lipinski definition) is 1. The van der Waals surface area contributed by atoms with E-state index in [-0.39, 0.29) is 5.75 Å². The van der Waals surface area contributed by atoms with E-state index in [4.69, 9.17) is 9.47 Å². The van der Waals surface area contributed by atoms with Crippen molar-refractivity contribution in [3.63, 3.8) is 0 Å². The fourth-order valence-corrected chi connectivity index (χ4v) is 3.93. The summed E-state index contributed by atoms with van der Waals surface area (Å²) in [5.41, 5.74) is 2.31. The van der Waals surface area contributed by atoms with Gasteiger partial charge in [-0.15, -0.1) is 0 Å². The molecule has 28 heavy (non-hydrogen) atoms. The van der Waals surface area contributed by atoms with Crippen molar-refractivity contribution in [3.8, 4) is 34.3 Å². The van der Waals surface area contributed by atoms with E-state index >= 15 is 0 Å². The molecular formula is C19H17NO7S. The van der Waals surface area contributed by atoms with Crippen LogP contribution in [0.1, 0.15) is 5.56 Å². The van der Waals surface area contributed by atoms with E-state index in [9.17, 15) is 18.1 Å². The highest BCUT2D eigenvalue weighted by atomic mass is 32.3. The molecule has 0 saturated carbocycles. The molecule has 1 aromatic heterocycles. The molecule has 0 spiro atoms. The number of aryl methyl sites for hydroxylation is 2. The molecule has 2 heterocycles. The Labute approximate surface area is 161 Å². The maximum absolute atomic E-state index is 11.0. The van der Waals surface area contributed by atoms with Gasteiger partial charge in [-0.25, -0.2) is 8.42 Å². The highest BCUT2D eigenvalue weighted by Crippen LogP contribution is 2.40. The number of ether oxygens (including phenoxy) is 2. The Kier molecular flexibility index (Phi) is 4.28. The summed E-state index contributed by atoms with van der Waals surface area (Å²) in [6.07, 6.45) is 2.55. The molecule has 0 atom stereocenters. The zero-order chi connectivity index (χ0) is 20.1. The molecule has 3 aromatic rings. The Hall–Kier alpha value is -3.04. The number of fused-ring (bicyclic) bond motifs is 4. The molecule has 1 aliphatic rings. The maximum Gasteiger partial charge on any atom is 0.262 e. The second-order valence-corrected chi connectivity index (χ2v) is 7.36. The fourth-order valence-electron chi connectivity index (χ4n) is 3.57. The highest BCUT2D eigenvalue weighted by Gasteiger charge is 2.27. The zero-order valence-electron chi connectivity index (χ0n) is 15.1. The van der Waals surface area contributed by atoms with E-state index in [1.807, 2.05) is 22.9 Å². The van der Waals surface area contributed by atoms with Gasteiger partial charge in [0.15, 0.2) is 35.7 Å². The lowest BCUT2D eigenvalue weighted by molar-refractivity contribution is -0.686. The van der Waals surface area contributed by atoms with Crippen LogP contribution in [0.4, 0.5) is 0 Å². The summed E-state index contributed by atoms with van der Waals surface area (Å²) in [6, 6.07) is 8.43. The number of phenols is 1. The summed E-state index contributed by atoms with van der Waals surface area (Å²) in [6.45, 7) is 0.651. The van der Waals surface area contributed by atoms with Gasteiger partial charge in [0.05, 0.1) is 25.2 Å². The van der Waals surface area contributed by atoms with Crippen molar-refractivity contribution in [3.05, 3.63) is 42.1 Å². The molecular weight excluding hydrogens is 386 g/mol. The minimum Gasteiger partial charge on any atom is -0.716 e. The van der Waals surface area contributed by atoms with Crippen LogP contribution in [0.25, 0.3) is 22.0 Å². The van der Waals surface area contributed by atoms with Gasteiger partial charge in [-0.3, -0.25) is 0 Å². The molecule has 0 saturated heterocycles. The first-order valence-electron chi connectivity index (χ1n) is 8.40. The summed E-state index contributed by atoms with van der Waals surface area (Å²) in [5.74, 6) is 0.453. The van der Waals surface area contributed by atoms with Crippen molar-refractivity contribution in [1.29, 1.82) is 0 Å². The van der Waals surface area contributed by atoms with Gasteiger partial charge < -0.3 is 23.3 Å². The number of hydrogen-bond acceptors (Lipinski definition) is 7. The van der Waals surface area contributed by atoms with Gasteiger partial charge >= 0.3 is 0 Å². The van der Waals surface area contributed by atoms with Crippen molar-refractivity contribution in [1.82, 2.24) is 0 Å². The lowest BCUT2D eigenvalue weighted by Gasteiger charge is -2.19. The Morgan fingerprint density at radius 2 is 1.89 bits per heavy atom. The standard InChI is InChI=1S/C19H17NO7S/c1-25-17-4-3-11-7-15-13-9-18(27-28(22,23)24)16(21)8-12(13)5-6-20(15)10-14(11)19(17)26-2/h3-4,7-10H,5-6H2,1-2H3,(H,22,23,24). The molecule has 8 nitrogen and oxygen atoms in total. The van der Waals surface area contributed by atoms with Gasteiger partial charge in [-0.05, 0) is 35.2 Å². The molecule has 146 valence electrons. The molecule has 0 unspecified atom stereocenters. The van der Waals surface area contributed by atoms with Crippen molar-refractivity contribution in [2.75, 3.05) is 14.2 Å². The second-order valence-electron chi connectivity index (χ2n) is 6.37. The Balaban J connectivity index is 1.93. The number of rotatable bonds is 4. The van der Waals surface area contributed by atoms with Crippen LogP contribution in [0, 0.1) is 0 Å². The van der Waals surface area contributed by atoms with Crippen molar-refractivity contribution in [2.45, 2.75) is 13.0 Å². The first-order valence-corrected chi connectivity index (χ1v) is 9.74. The zero-order valence-corrected chi connectivity index (χ0v) is 15.9. The van der Waals surface area contributed by atoms with Crippen LogP contribution in [0.2, 0.25) is 0 Å². The van der Waals surface area contributed by atoms with Crippen LogP contribution in [-0.2, 0) is 23.4 Å². The van der Waals surface area contributed by atoms with Crippen molar-refractivity contribution >= 4 is 21.2 Å². The third kappa shape index (κ3) is 3.08. The maximum atomic E-state index is 11.0. The summed E-state index contributed by atoms with van der Waals surface area (Å²) in [5, 5.41) is 11.8. The lowest BCUT2D eigenvalue weighted by atomic mass is 9.95. The molecule has 1 aliphatic heterocycles. The minimum atomic E-state index is -5.00. The van der Waals surface area contributed by atoms with Crippen LogP contribution >= 0.6 is 0 Å². The normalized spacial score (nSPS) is 13.0. The molecule has 0 radical (unpaired) electrons. The number of methoxy groups -OCH3 is 2. The van der Waals surface area contributed by atoms with E-state index in [0.717, 1.165) is 22.0 Å². The predicted molar refractivity (Wildman–Crippen MR) is 98.4 cm³/mol. The molecule has 0 aliphatic carbocycles. The number of aromatic hydroxyl groups is 1. The van der Waals surface area contributed by atoms with Crippen LogP contribution in [0.5, 0.6) is 23.0 Å². The number of aromatic nitrogens is 1. The Morgan fingerprint density at radius 3 is 2.57 bits per heavy atom. The first kappa shape index (κ1) is 18.3. The summed E-state index contributed by atoms with van der Waals surface area (Å²) >= 11 is 0. The average Bonchev–Trinajstić information content (AvgIpc) is 2.65. The van der Waals surface area contributed by atoms with Gasteiger partial charge in [-0.2, -0.15) is 4.57 Å². The van der Waals surface area contributed by atoms with Gasteiger partial charge in [-0.1, -0.05) is 0 Å². The molecule has 4 rings (SSSR count). The van der Waals surface area contributed by atoms with Gasteiger partial charge in [0.1, 0.15) is 0 Å². The molecule has 0 amide bonds. The largest absolute Gasteiger partial charge is 0.716 e. The monoisotopic (exact) mass is 403 g/mol. The smallest absolute Gasteiger partial charge is 0.262 e. The minimum absolute atomic E-state index is 0.390. The SMILES string of the molecule is COc1ccc2cc3[n+](cc2c1OC)CCc1cc(O)c(OS(=O)(=O)[O-])cc1-3. The van der Waals surface area contributed by atoms with E-state index in [1.54, 1.807) is 20.3 Å². The highest BCUT2D eigenvalue weighted by molar-refractivity contribution is 7.81. The van der Waals surface area contributed by atoms with Gasteiger partial charge in [0.25, 0.3) is 10.4 Å². The van der Waals surface area contributed by atoms with Crippen LogP contribution in [-0.4, -0.2) is 32.3 Å². The quantitative estimate of drug-likeness (QED) is 0.403. The number of phenolic OH excluding ortho intramolecular Hbond substituents is 1. The summed E-state index contributed by atoms with van der Waals surface area (Å²) in [4.78, 5) is 0. The Morgan fingerprint density at radius 1 is 1.11 bits per heavy atom. The molecule has 0 bridgehead atoms. The van der Waals surface area contributed by atoms with Crippen LogP contribution in [0.15, 0.2) is 36.5 Å². The number of benzene rings is 2. The Bertz CT molecular complexity index is 1200. The van der Waals surface area contributed by atoms with Gasteiger partial charge in [0, 0.05) is 12.5 Å². The molecule has 2 aromatic carbocycles. The average molecular weight is 403 g/mol. The predicted octanol–water partition coefficient (Wildman–Crippen LogP) is 1.91. The topological polar surface area (TPSA) is 109 Å². The molecule has 9 heteroatoms. The van der Waals surface area contributed by atoms with E-state index in [0.29, 0.717) is 30.0 Å². The second kappa shape index (κ2) is 6.54. The lowest BCUT2D eigenvalue weighted by Crippen LogP contribution is -2.40. The van der Waals surface area contributed by atoms with E-state index < -0.39 is 16.1 Å². The third-order valence-corrected chi connectivity index (χ3v) is 5.16. The van der Waals surface area contributed by atoms with Crippen molar-refractivity contribution < 1.29 is 36.3 Å². The van der Waals surface area contributed by atoms with E-state index in [2.05, 4.69) is 4.18 Å². The fraction of sp³-hybridized carbons (Fsp3) is 0.211. The van der Waals surface area contributed by atoms with E-state index in [1.165, 1.54) is 12.1 Å². The first-order chi connectivity index (χ1) is 13.3. The van der Waals surface area contributed by atoms with Crippen molar-refractivity contribution in [2.24, 2.45) is 0 Å². The molecule has 1 N–H and O–H groups in total. The summed E-state index contributed by atoms with van der Waals surface area (Å²) in [7, 11) is -1.85. The van der Waals surface area contributed by atoms with Gasteiger partial charge in [0.2, 0.25) is 5.69 Å². The summed E-state index contributed by atoms with van der Waals surface area (Å²) < 4.78 is 50.1. The van der Waals surface area contributed by atoms with Crippen LogP contribution < -0.4 is 18.2 Å². The molecule has 0 fully saturated rings.